The van der Waals surface area contributed by atoms with Crippen LogP contribution < -0.4 is 4.74 Å². The van der Waals surface area contributed by atoms with Gasteiger partial charge in [-0.3, -0.25) is 4.79 Å². The third-order valence-corrected chi connectivity index (χ3v) is 3.12. The molecule has 0 atom stereocenters. The van der Waals surface area contributed by atoms with Crippen LogP contribution in [-0.4, -0.2) is 16.3 Å². The summed E-state index contributed by atoms with van der Waals surface area (Å²) in [4.78, 5) is 19.4. The second-order valence-electron chi connectivity index (χ2n) is 4.79. The zero-order valence-electron chi connectivity index (χ0n) is 12.1. The largest absolute Gasteiger partial charge is 0.439 e. The van der Waals surface area contributed by atoms with E-state index in [0.717, 1.165) is 17.5 Å². The molecule has 0 amide bonds. The predicted molar refractivity (Wildman–Crippen MR) is 84.1 cm³/mol. The van der Waals surface area contributed by atoms with Crippen LogP contribution in [0.3, 0.4) is 0 Å². The molecule has 4 nitrogen and oxygen atoms in total. The van der Waals surface area contributed by atoms with Crippen LogP contribution >= 0.6 is 0 Å². The highest BCUT2D eigenvalue weighted by Crippen LogP contribution is 2.24. The molecule has 3 rings (SSSR count). The number of carbonyl (C=O) groups is 1. The highest BCUT2D eigenvalue weighted by molar-refractivity contribution is 5.74. The molecule has 108 valence electrons. The smallest absolute Gasteiger partial charge is 0.223 e. The highest BCUT2D eigenvalue weighted by atomic mass is 16.5. The summed E-state index contributed by atoms with van der Waals surface area (Å²) in [5.41, 5.74) is 2.43. The number of nitrogens with zero attached hydrogens (tertiary/aromatic N) is 2. The van der Waals surface area contributed by atoms with Gasteiger partial charge in [0.1, 0.15) is 17.9 Å². The maximum atomic E-state index is 10.7. The number of benzene rings is 2. The Labute approximate surface area is 128 Å². The molecule has 4 heteroatoms. The molecule has 3 aromatic rings. The number of aldehydes is 1. The minimum Gasteiger partial charge on any atom is -0.439 e. The van der Waals surface area contributed by atoms with Gasteiger partial charge < -0.3 is 4.74 Å². The third kappa shape index (κ3) is 3.17. The van der Waals surface area contributed by atoms with Crippen LogP contribution in [0.15, 0.2) is 60.7 Å². The molecule has 0 spiro atoms. The molecule has 0 aliphatic rings. The Morgan fingerprint density at radius 3 is 2.36 bits per heavy atom. The van der Waals surface area contributed by atoms with Crippen LogP contribution in [0.5, 0.6) is 11.6 Å². The van der Waals surface area contributed by atoms with E-state index in [4.69, 9.17) is 4.74 Å². The van der Waals surface area contributed by atoms with Crippen molar-refractivity contribution in [2.45, 2.75) is 6.92 Å². The molecule has 22 heavy (non-hydrogen) atoms. The van der Waals surface area contributed by atoms with Crippen LogP contribution in [0.25, 0.3) is 11.3 Å². The Hall–Kier alpha value is -3.01. The van der Waals surface area contributed by atoms with Gasteiger partial charge in [0.05, 0.1) is 5.69 Å². The molecule has 0 bridgehead atoms. The fraction of sp³-hybridized carbons (Fsp3) is 0.0556. The van der Waals surface area contributed by atoms with Crippen molar-refractivity contribution in [2.75, 3.05) is 0 Å². The number of aromatic nitrogens is 2. The number of aryl methyl sites for hydroxylation is 1. The lowest BCUT2D eigenvalue weighted by Gasteiger charge is -2.08. The number of rotatable bonds is 4. The van der Waals surface area contributed by atoms with Crippen molar-refractivity contribution in [3.63, 3.8) is 0 Å². The molecule has 0 saturated carbocycles. The molecule has 1 heterocycles. The zero-order chi connectivity index (χ0) is 15.4. The topological polar surface area (TPSA) is 52.1 Å². The second-order valence-corrected chi connectivity index (χ2v) is 4.79. The van der Waals surface area contributed by atoms with E-state index < -0.39 is 0 Å². The second kappa shape index (κ2) is 6.18. The minimum absolute atomic E-state index is 0.477. The van der Waals surface area contributed by atoms with Gasteiger partial charge in [-0.1, -0.05) is 30.3 Å². The molecule has 0 aliphatic carbocycles. The van der Waals surface area contributed by atoms with Crippen molar-refractivity contribution in [1.82, 2.24) is 9.97 Å². The van der Waals surface area contributed by atoms with Gasteiger partial charge in [-0.05, 0) is 31.2 Å². The summed E-state index contributed by atoms with van der Waals surface area (Å²) >= 11 is 0. The third-order valence-electron chi connectivity index (χ3n) is 3.12. The first-order valence-electron chi connectivity index (χ1n) is 6.89. The molecular formula is C18H14N2O2. The number of hydrogen-bond acceptors (Lipinski definition) is 4. The highest BCUT2D eigenvalue weighted by Gasteiger charge is 2.06. The molecular weight excluding hydrogens is 276 g/mol. The Balaban J connectivity index is 1.90. The molecule has 1 aromatic heterocycles. The molecule has 0 N–H and O–H groups in total. The average molecular weight is 290 g/mol. The maximum absolute atomic E-state index is 10.7. The first-order valence-corrected chi connectivity index (χ1v) is 6.89. The Bertz CT molecular complexity index is 784. The van der Waals surface area contributed by atoms with Crippen molar-refractivity contribution in [2.24, 2.45) is 0 Å². The number of carbonyl (C=O) groups excluding carboxylic acids is 1. The normalized spacial score (nSPS) is 10.2. The Morgan fingerprint density at radius 1 is 0.955 bits per heavy atom. The summed E-state index contributed by atoms with van der Waals surface area (Å²) in [6.07, 6.45) is 0.798. The lowest BCUT2D eigenvalue weighted by Crippen LogP contribution is -1.95. The molecule has 0 fully saturated rings. The van der Waals surface area contributed by atoms with E-state index in [1.54, 1.807) is 30.3 Å². The van der Waals surface area contributed by atoms with E-state index in [9.17, 15) is 4.79 Å². The predicted octanol–water partition coefficient (Wildman–Crippen LogP) is 4.06. The van der Waals surface area contributed by atoms with Gasteiger partial charge in [0.25, 0.3) is 0 Å². The summed E-state index contributed by atoms with van der Waals surface area (Å²) in [5, 5.41) is 0. The monoisotopic (exact) mass is 290 g/mol. The molecule has 0 unspecified atom stereocenters. The average Bonchev–Trinajstić information content (AvgIpc) is 2.56. The van der Waals surface area contributed by atoms with Gasteiger partial charge in [0.2, 0.25) is 5.88 Å². The van der Waals surface area contributed by atoms with Crippen molar-refractivity contribution in [3.05, 3.63) is 72.1 Å². The number of ether oxygens (including phenoxy) is 1. The summed E-state index contributed by atoms with van der Waals surface area (Å²) < 4.78 is 5.75. The maximum Gasteiger partial charge on any atom is 0.223 e. The fourth-order valence-electron chi connectivity index (χ4n) is 2.08. The first-order chi connectivity index (χ1) is 10.7. The summed E-state index contributed by atoms with van der Waals surface area (Å²) in [7, 11) is 0. The van der Waals surface area contributed by atoms with Crippen LogP contribution in [0.2, 0.25) is 0 Å². The quantitative estimate of drug-likeness (QED) is 0.680. The van der Waals surface area contributed by atoms with E-state index in [0.29, 0.717) is 23.0 Å². The molecule has 2 aromatic carbocycles. The van der Waals surface area contributed by atoms with E-state index in [2.05, 4.69) is 9.97 Å². The van der Waals surface area contributed by atoms with Crippen molar-refractivity contribution in [1.29, 1.82) is 0 Å². The SMILES string of the molecule is Cc1nc(Oc2ccc(C=O)cc2)cc(-c2ccccc2)n1. The van der Waals surface area contributed by atoms with Gasteiger partial charge in [-0.15, -0.1) is 0 Å². The van der Waals surface area contributed by atoms with Gasteiger partial charge in [0, 0.05) is 17.2 Å². The van der Waals surface area contributed by atoms with Crippen LogP contribution in [-0.2, 0) is 0 Å². The van der Waals surface area contributed by atoms with Gasteiger partial charge >= 0.3 is 0 Å². The summed E-state index contributed by atoms with van der Waals surface area (Å²) in [6.45, 7) is 1.83. The number of hydrogen-bond donors (Lipinski definition) is 0. The van der Waals surface area contributed by atoms with E-state index in [-0.39, 0.29) is 0 Å². The summed E-state index contributed by atoms with van der Waals surface area (Å²) in [6, 6.07) is 18.6. The van der Waals surface area contributed by atoms with E-state index >= 15 is 0 Å². The standard InChI is InChI=1S/C18H14N2O2/c1-13-19-17(15-5-3-2-4-6-15)11-18(20-13)22-16-9-7-14(12-21)8-10-16/h2-12H,1H3. The Kier molecular flexibility index (Phi) is 3.92. The van der Waals surface area contributed by atoms with Crippen molar-refractivity contribution >= 4 is 6.29 Å². The van der Waals surface area contributed by atoms with Crippen LogP contribution in [0.4, 0.5) is 0 Å². The van der Waals surface area contributed by atoms with E-state index in [1.807, 2.05) is 37.3 Å². The van der Waals surface area contributed by atoms with Gasteiger partial charge in [-0.25, -0.2) is 4.98 Å². The van der Waals surface area contributed by atoms with Crippen LogP contribution in [0.1, 0.15) is 16.2 Å². The minimum atomic E-state index is 0.477. The van der Waals surface area contributed by atoms with Crippen molar-refractivity contribution in [3.8, 4) is 22.9 Å². The summed E-state index contributed by atoms with van der Waals surface area (Å²) in [5.74, 6) is 1.74. The molecule has 0 radical (unpaired) electrons. The molecule has 0 saturated heterocycles. The van der Waals surface area contributed by atoms with Gasteiger partial charge in [0.15, 0.2) is 0 Å². The zero-order valence-corrected chi connectivity index (χ0v) is 12.1. The van der Waals surface area contributed by atoms with E-state index in [1.165, 1.54) is 0 Å². The lowest BCUT2D eigenvalue weighted by atomic mass is 10.1. The molecule has 0 aliphatic heterocycles. The first kappa shape index (κ1) is 13.9. The van der Waals surface area contributed by atoms with Gasteiger partial charge in [-0.2, -0.15) is 4.98 Å². The fourth-order valence-corrected chi connectivity index (χ4v) is 2.08. The Morgan fingerprint density at radius 2 is 1.68 bits per heavy atom. The van der Waals surface area contributed by atoms with Crippen LogP contribution in [0, 0.1) is 6.92 Å². The van der Waals surface area contributed by atoms with Crippen molar-refractivity contribution < 1.29 is 9.53 Å². The lowest BCUT2D eigenvalue weighted by molar-refractivity contribution is 0.112.